The van der Waals surface area contributed by atoms with Gasteiger partial charge < -0.3 is 5.32 Å². The van der Waals surface area contributed by atoms with E-state index in [1.165, 1.54) is 6.07 Å². The average Bonchev–Trinajstić information content (AvgIpc) is 2.32. The van der Waals surface area contributed by atoms with Crippen molar-refractivity contribution in [1.29, 1.82) is 0 Å². The number of hydrogen-bond donors (Lipinski definition) is 1. The Morgan fingerprint density at radius 2 is 2.28 bits per heavy atom. The highest BCUT2D eigenvalue weighted by Gasteiger charge is 2.17. The number of benzene rings is 1. The van der Waals surface area contributed by atoms with Crippen LogP contribution in [0, 0.1) is 15.9 Å². The zero-order chi connectivity index (χ0) is 13.7. The molecule has 18 heavy (non-hydrogen) atoms. The molecule has 0 aliphatic heterocycles. The van der Waals surface area contributed by atoms with E-state index in [-0.39, 0.29) is 10.2 Å². The Morgan fingerprint density at radius 1 is 1.61 bits per heavy atom. The van der Waals surface area contributed by atoms with E-state index in [0.717, 1.165) is 12.5 Å². The molecule has 1 N–H and O–H groups in total. The van der Waals surface area contributed by atoms with Crippen molar-refractivity contribution >= 4 is 39.1 Å². The highest BCUT2D eigenvalue weighted by molar-refractivity contribution is 9.10. The van der Waals surface area contributed by atoms with Gasteiger partial charge in [0, 0.05) is 11.8 Å². The van der Waals surface area contributed by atoms with Crippen molar-refractivity contribution in [3.63, 3.8) is 0 Å². The summed E-state index contributed by atoms with van der Waals surface area (Å²) < 4.78 is 13.5. The van der Waals surface area contributed by atoms with Gasteiger partial charge in [-0.25, -0.2) is 4.39 Å². The molecule has 0 heterocycles. The number of nitro groups is 1. The molecule has 100 valence electrons. The molecule has 1 aromatic carbocycles. The molecule has 0 bridgehead atoms. The molecule has 0 radical (unpaired) electrons. The lowest BCUT2D eigenvalue weighted by molar-refractivity contribution is -0.384. The molecule has 0 fully saturated rings. The standard InChI is InChI=1S/C11H14BrFN2O2S/c1-7(18-2)3-4-14-10-5-8(12)9(13)6-11(10)15(16)17/h5-7,14H,3-4H2,1-2H3. The van der Waals surface area contributed by atoms with Gasteiger partial charge in [-0.15, -0.1) is 0 Å². The van der Waals surface area contributed by atoms with Gasteiger partial charge in [0.1, 0.15) is 11.5 Å². The summed E-state index contributed by atoms with van der Waals surface area (Å²) >= 11 is 4.76. The van der Waals surface area contributed by atoms with Gasteiger partial charge >= 0.3 is 0 Å². The number of thioether (sulfide) groups is 1. The first-order valence-corrected chi connectivity index (χ1v) is 7.44. The van der Waals surface area contributed by atoms with E-state index >= 15 is 0 Å². The van der Waals surface area contributed by atoms with Gasteiger partial charge in [0.05, 0.1) is 15.5 Å². The van der Waals surface area contributed by atoms with Gasteiger partial charge in [-0.3, -0.25) is 10.1 Å². The van der Waals surface area contributed by atoms with Crippen LogP contribution >= 0.6 is 27.7 Å². The van der Waals surface area contributed by atoms with Crippen molar-refractivity contribution in [1.82, 2.24) is 0 Å². The summed E-state index contributed by atoms with van der Waals surface area (Å²) in [6.45, 7) is 2.70. The van der Waals surface area contributed by atoms with Crippen molar-refractivity contribution in [2.75, 3.05) is 18.1 Å². The highest BCUT2D eigenvalue weighted by atomic mass is 79.9. The first-order valence-electron chi connectivity index (χ1n) is 5.35. The maximum absolute atomic E-state index is 13.2. The maximum atomic E-state index is 13.2. The van der Waals surface area contributed by atoms with Gasteiger partial charge in [-0.1, -0.05) is 6.92 Å². The Morgan fingerprint density at radius 3 is 2.83 bits per heavy atom. The van der Waals surface area contributed by atoms with Crippen LogP contribution in [0.4, 0.5) is 15.8 Å². The molecular formula is C11H14BrFN2O2S. The summed E-state index contributed by atoms with van der Waals surface area (Å²) in [4.78, 5) is 10.2. The second-order valence-corrected chi connectivity index (χ2v) is 5.93. The summed E-state index contributed by atoms with van der Waals surface area (Å²) in [6.07, 6.45) is 2.90. The lowest BCUT2D eigenvalue weighted by atomic mass is 10.2. The zero-order valence-corrected chi connectivity index (χ0v) is 12.5. The lowest BCUT2D eigenvalue weighted by Crippen LogP contribution is -2.09. The number of anilines is 1. The van der Waals surface area contributed by atoms with Crippen LogP contribution in [0.2, 0.25) is 0 Å². The molecule has 1 aromatic rings. The molecule has 0 amide bonds. The molecule has 7 heteroatoms. The van der Waals surface area contributed by atoms with Crippen LogP contribution in [0.3, 0.4) is 0 Å². The summed E-state index contributed by atoms with van der Waals surface area (Å²) in [5.41, 5.74) is 0.0917. The van der Waals surface area contributed by atoms with E-state index < -0.39 is 10.7 Å². The Hall–Kier alpha value is -0.820. The number of nitrogens with one attached hydrogen (secondary N) is 1. The molecule has 0 saturated heterocycles. The van der Waals surface area contributed by atoms with E-state index in [4.69, 9.17) is 0 Å². The van der Waals surface area contributed by atoms with Gasteiger partial charge in [-0.05, 0) is 34.7 Å². The third-order valence-corrected chi connectivity index (χ3v) is 4.15. The Balaban J connectivity index is 2.80. The van der Waals surface area contributed by atoms with E-state index in [1.54, 1.807) is 11.8 Å². The predicted octanol–water partition coefficient (Wildman–Crippen LogP) is 4.05. The minimum atomic E-state index is -0.635. The summed E-state index contributed by atoms with van der Waals surface area (Å²) in [5, 5.41) is 14.3. The Kier molecular flexibility index (Phi) is 5.87. The predicted molar refractivity (Wildman–Crippen MR) is 76.8 cm³/mol. The van der Waals surface area contributed by atoms with E-state index in [0.29, 0.717) is 17.5 Å². The van der Waals surface area contributed by atoms with Gasteiger partial charge in [0.15, 0.2) is 0 Å². The fourth-order valence-corrected chi connectivity index (χ4v) is 2.05. The molecule has 0 spiro atoms. The van der Waals surface area contributed by atoms with E-state index in [1.807, 2.05) is 6.26 Å². The van der Waals surface area contributed by atoms with Gasteiger partial charge in [-0.2, -0.15) is 11.8 Å². The molecule has 0 aromatic heterocycles. The van der Waals surface area contributed by atoms with Crippen LogP contribution < -0.4 is 5.32 Å². The topological polar surface area (TPSA) is 55.2 Å². The molecule has 1 rings (SSSR count). The first-order chi connectivity index (χ1) is 8.45. The zero-order valence-electron chi connectivity index (χ0n) is 10.1. The van der Waals surface area contributed by atoms with Gasteiger partial charge in [0.25, 0.3) is 5.69 Å². The van der Waals surface area contributed by atoms with Crippen molar-refractivity contribution in [2.24, 2.45) is 0 Å². The number of rotatable bonds is 6. The van der Waals surface area contributed by atoms with Gasteiger partial charge in [0.2, 0.25) is 0 Å². The minimum absolute atomic E-state index is 0.216. The SMILES string of the molecule is CSC(C)CCNc1cc(Br)c(F)cc1[N+](=O)[O-]. The van der Waals surface area contributed by atoms with Crippen LogP contribution in [0.15, 0.2) is 16.6 Å². The molecule has 4 nitrogen and oxygen atoms in total. The van der Waals surface area contributed by atoms with Crippen LogP contribution in [-0.4, -0.2) is 23.0 Å². The summed E-state index contributed by atoms with van der Waals surface area (Å²) in [6, 6.07) is 2.32. The molecule has 1 atom stereocenters. The third kappa shape index (κ3) is 4.13. The largest absolute Gasteiger partial charge is 0.379 e. The number of halogens is 2. The summed E-state index contributed by atoms with van der Waals surface area (Å²) in [7, 11) is 0. The quantitative estimate of drug-likeness (QED) is 0.628. The minimum Gasteiger partial charge on any atom is -0.379 e. The Bertz CT molecular complexity index is 445. The van der Waals surface area contributed by atoms with Crippen molar-refractivity contribution < 1.29 is 9.31 Å². The lowest BCUT2D eigenvalue weighted by Gasteiger charge is -2.11. The monoisotopic (exact) mass is 336 g/mol. The molecule has 0 aliphatic rings. The summed E-state index contributed by atoms with van der Waals surface area (Å²) in [5.74, 6) is -0.635. The first kappa shape index (κ1) is 15.2. The second kappa shape index (κ2) is 6.94. The molecule has 0 aliphatic carbocycles. The fraction of sp³-hybridized carbons (Fsp3) is 0.455. The van der Waals surface area contributed by atoms with Crippen LogP contribution in [0.1, 0.15) is 13.3 Å². The van der Waals surface area contributed by atoms with E-state index in [9.17, 15) is 14.5 Å². The van der Waals surface area contributed by atoms with Crippen molar-refractivity contribution in [2.45, 2.75) is 18.6 Å². The third-order valence-electron chi connectivity index (χ3n) is 2.50. The van der Waals surface area contributed by atoms with Crippen molar-refractivity contribution in [3.8, 4) is 0 Å². The van der Waals surface area contributed by atoms with Crippen LogP contribution in [-0.2, 0) is 0 Å². The Labute approximate surface area is 118 Å². The number of hydrogen-bond acceptors (Lipinski definition) is 4. The fourth-order valence-electron chi connectivity index (χ4n) is 1.36. The second-order valence-electron chi connectivity index (χ2n) is 3.80. The van der Waals surface area contributed by atoms with E-state index in [2.05, 4.69) is 28.2 Å². The maximum Gasteiger partial charge on any atom is 0.295 e. The molecule has 0 saturated carbocycles. The normalized spacial score (nSPS) is 12.2. The van der Waals surface area contributed by atoms with Crippen molar-refractivity contribution in [3.05, 3.63) is 32.5 Å². The molecular weight excluding hydrogens is 323 g/mol. The van der Waals surface area contributed by atoms with Crippen LogP contribution in [0.5, 0.6) is 0 Å². The number of nitrogens with zero attached hydrogens (tertiary/aromatic N) is 1. The average molecular weight is 337 g/mol. The molecule has 1 unspecified atom stereocenters. The highest BCUT2D eigenvalue weighted by Crippen LogP contribution is 2.30. The van der Waals surface area contributed by atoms with Crippen LogP contribution in [0.25, 0.3) is 0 Å². The number of nitro benzene ring substituents is 1. The smallest absolute Gasteiger partial charge is 0.295 e.